The highest BCUT2D eigenvalue weighted by atomic mass is 16.5. The van der Waals surface area contributed by atoms with Crippen LogP contribution in [-0.2, 0) is 15.0 Å². The number of amides is 1. The maximum Gasteiger partial charge on any atom is 0.295 e. The largest absolute Gasteiger partial charge is 0.507 e. The highest BCUT2D eigenvalue weighted by Crippen LogP contribution is 2.41. The fourth-order valence-corrected chi connectivity index (χ4v) is 4.21. The van der Waals surface area contributed by atoms with Crippen molar-refractivity contribution in [3.63, 3.8) is 0 Å². The minimum Gasteiger partial charge on any atom is -0.507 e. The van der Waals surface area contributed by atoms with E-state index in [1.54, 1.807) is 23.1 Å². The second-order valence-electron chi connectivity index (χ2n) is 9.77. The summed E-state index contributed by atoms with van der Waals surface area (Å²) in [7, 11) is 0. The van der Waals surface area contributed by atoms with Gasteiger partial charge in [-0.25, -0.2) is 0 Å². The van der Waals surface area contributed by atoms with Gasteiger partial charge in [-0.3, -0.25) is 9.59 Å². The van der Waals surface area contributed by atoms with Gasteiger partial charge in [0.1, 0.15) is 18.1 Å². The number of Topliss-reactive ketones (excluding diaryl/α,β-unsaturated/α-hetero) is 1. The maximum absolute atomic E-state index is 13.3. The number of unbranched alkanes of at least 4 members (excludes halogenated alkanes) is 1. The Labute approximate surface area is 201 Å². The van der Waals surface area contributed by atoms with Crippen molar-refractivity contribution in [2.24, 2.45) is 0 Å². The first-order valence-corrected chi connectivity index (χ1v) is 11.8. The van der Waals surface area contributed by atoms with Gasteiger partial charge < -0.3 is 19.8 Å². The van der Waals surface area contributed by atoms with Gasteiger partial charge >= 0.3 is 0 Å². The molecule has 6 nitrogen and oxygen atoms in total. The number of aliphatic hydroxyl groups excluding tert-OH is 2. The number of rotatable bonds is 8. The number of likely N-dealkylation sites (tertiary alicyclic amines) is 1. The van der Waals surface area contributed by atoms with Crippen molar-refractivity contribution in [2.45, 2.75) is 58.9 Å². The van der Waals surface area contributed by atoms with Crippen LogP contribution in [0.15, 0.2) is 48.0 Å². The van der Waals surface area contributed by atoms with Crippen molar-refractivity contribution >= 4 is 17.4 Å². The highest BCUT2D eigenvalue weighted by Gasteiger charge is 2.46. The molecule has 0 saturated carbocycles. The quantitative estimate of drug-likeness (QED) is 0.329. The summed E-state index contributed by atoms with van der Waals surface area (Å²) in [4.78, 5) is 27.9. The fraction of sp³-hybridized carbons (Fsp3) is 0.429. The summed E-state index contributed by atoms with van der Waals surface area (Å²) in [6.45, 7) is 10.6. The predicted octanol–water partition coefficient (Wildman–Crippen LogP) is 4.89. The molecule has 2 aromatic rings. The normalized spacial score (nSPS) is 17.9. The lowest BCUT2D eigenvalue weighted by atomic mass is 9.84. The van der Waals surface area contributed by atoms with Crippen LogP contribution in [0.3, 0.4) is 0 Å². The number of ether oxygens (including phenoxy) is 1. The smallest absolute Gasteiger partial charge is 0.295 e. The molecule has 0 bridgehead atoms. The van der Waals surface area contributed by atoms with E-state index in [9.17, 15) is 14.7 Å². The highest BCUT2D eigenvalue weighted by molar-refractivity contribution is 6.46. The Balaban J connectivity index is 2.20. The number of hydrogen-bond donors (Lipinski definition) is 2. The predicted molar refractivity (Wildman–Crippen MR) is 133 cm³/mol. The molecular weight excluding hydrogens is 430 g/mol. The molecule has 1 aliphatic heterocycles. The van der Waals surface area contributed by atoms with Gasteiger partial charge in [-0.05, 0) is 53.6 Å². The van der Waals surface area contributed by atoms with E-state index in [-0.39, 0.29) is 30.0 Å². The second kappa shape index (κ2) is 10.4. The van der Waals surface area contributed by atoms with Gasteiger partial charge in [0.15, 0.2) is 0 Å². The molecule has 6 heteroatoms. The molecule has 0 radical (unpaired) electrons. The van der Waals surface area contributed by atoms with E-state index in [1.807, 2.05) is 38.1 Å². The Kier molecular flexibility index (Phi) is 7.82. The van der Waals surface area contributed by atoms with E-state index in [0.717, 1.165) is 24.0 Å². The maximum atomic E-state index is 13.3. The number of aliphatic hydroxyl groups is 2. The summed E-state index contributed by atoms with van der Waals surface area (Å²) in [5, 5.41) is 20.6. The van der Waals surface area contributed by atoms with Crippen LogP contribution >= 0.6 is 0 Å². The summed E-state index contributed by atoms with van der Waals surface area (Å²) in [5.74, 6) is -0.918. The number of ketones is 1. The fourth-order valence-electron chi connectivity index (χ4n) is 4.21. The third-order valence-electron chi connectivity index (χ3n) is 6.19. The van der Waals surface area contributed by atoms with Crippen molar-refractivity contribution in [2.75, 3.05) is 19.8 Å². The zero-order valence-electron chi connectivity index (χ0n) is 20.7. The second-order valence-corrected chi connectivity index (χ2v) is 9.77. The average Bonchev–Trinajstić information content (AvgIpc) is 3.05. The van der Waals surface area contributed by atoms with Gasteiger partial charge in [0.05, 0.1) is 18.2 Å². The van der Waals surface area contributed by atoms with E-state index in [4.69, 9.17) is 9.84 Å². The first-order chi connectivity index (χ1) is 16.1. The number of benzene rings is 2. The first kappa shape index (κ1) is 25.5. The summed E-state index contributed by atoms with van der Waals surface area (Å²) in [6.07, 6.45) is 1.60. The zero-order valence-corrected chi connectivity index (χ0v) is 20.7. The zero-order chi connectivity index (χ0) is 25.0. The Bertz CT molecular complexity index is 1100. The van der Waals surface area contributed by atoms with Gasteiger partial charge in [-0.1, -0.05) is 58.4 Å². The number of nitrogens with zero attached hydrogens (tertiary/aromatic N) is 1. The van der Waals surface area contributed by atoms with Gasteiger partial charge in [-0.15, -0.1) is 0 Å². The lowest BCUT2D eigenvalue weighted by Gasteiger charge is -2.26. The van der Waals surface area contributed by atoms with Crippen LogP contribution in [0, 0.1) is 6.92 Å². The summed E-state index contributed by atoms with van der Waals surface area (Å²) in [6, 6.07) is 12.3. The number of carbonyl (C=O) groups is 2. The molecule has 1 fully saturated rings. The lowest BCUT2D eigenvalue weighted by molar-refractivity contribution is -0.139. The molecule has 2 N–H and O–H groups in total. The molecule has 3 rings (SSSR count). The van der Waals surface area contributed by atoms with Crippen LogP contribution in [-0.4, -0.2) is 46.6 Å². The molecule has 1 saturated heterocycles. The molecule has 1 atom stereocenters. The SMILES string of the molecule is CCCCN1C(=O)C(=O)/C(=C(/O)c2cc(C(C)(C)C)ccc2C)C1c1cccc(OCCO)c1. The number of carbonyl (C=O) groups excluding carboxylic acids is 2. The standard InChI is InChI=1S/C28H35NO5/c1-6-7-13-29-24(19-9-8-10-21(16-19)34-15-14-30)23(26(32)27(29)33)25(31)22-17-20(28(3,4)5)12-11-18(22)2/h8-12,16-17,24,30-31H,6-7,13-15H2,1-5H3/b25-23+. The van der Waals surface area contributed by atoms with Gasteiger partial charge in [0.25, 0.3) is 11.7 Å². The Hall–Kier alpha value is -3.12. The Morgan fingerprint density at radius 1 is 1.12 bits per heavy atom. The minimum atomic E-state index is -0.720. The molecule has 1 amide bonds. The number of hydrogen-bond acceptors (Lipinski definition) is 5. The van der Waals surface area contributed by atoms with Crippen molar-refractivity contribution in [3.8, 4) is 5.75 Å². The van der Waals surface area contributed by atoms with Crippen LogP contribution in [0.5, 0.6) is 5.75 Å². The third-order valence-corrected chi connectivity index (χ3v) is 6.19. The van der Waals surface area contributed by atoms with Crippen LogP contribution in [0.4, 0.5) is 0 Å². The van der Waals surface area contributed by atoms with Crippen molar-refractivity contribution in [3.05, 3.63) is 70.3 Å². The van der Waals surface area contributed by atoms with E-state index in [0.29, 0.717) is 23.4 Å². The lowest BCUT2D eigenvalue weighted by Crippen LogP contribution is -2.30. The van der Waals surface area contributed by atoms with Crippen LogP contribution in [0.25, 0.3) is 5.76 Å². The molecule has 182 valence electrons. The van der Waals surface area contributed by atoms with Crippen molar-refractivity contribution < 1.29 is 24.5 Å². The summed E-state index contributed by atoms with van der Waals surface area (Å²) >= 11 is 0. The van der Waals surface area contributed by atoms with E-state index < -0.39 is 17.7 Å². The van der Waals surface area contributed by atoms with Crippen LogP contribution in [0.2, 0.25) is 0 Å². The molecule has 1 heterocycles. The summed E-state index contributed by atoms with van der Waals surface area (Å²) < 4.78 is 5.56. The van der Waals surface area contributed by atoms with Crippen molar-refractivity contribution in [1.82, 2.24) is 4.90 Å². The van der Waals surface area contributed by atoms with Gasteiger partial charge in [0.2, 0.25) is 0 Å². The van der Waals surface area contributed by atoms with E-state index in [1.165, 1.54) is 0 Å². The van der Waals surface area contributed by atoms with Gasteiger partial charge in [-0.2, -0.15) is 0 Å². The van der Waals surface area contributed by atoms with E-state index >= 15 is 0 Å². The van der Waals surface area contributed by atoms with E-state index in [2.05, 4.69) is 20.8 Å². The van der Waals surface area contributed by atoms with Gasteiger partial charge in [0, 0.05) is 12.1 Å². The van der Waals surface area contributed by atoms with Crippen LogP contribution < -0.4 is 4.74 Å². The molecule has 0 aromatic heterocycles. The monoisotopic (exact) mass is 465 g/mol. The minimum absolute atomic E-state index is 0.0922. The average molecular weight is 466 g/mol. The summed E-state index contributed by atoms with van der Waals surface area (Å²) in [5.41, 5.74) is 3.03. The molecule has 1 unspecified atom stereocenters. The topological polar surface area (TPSA) is 87.1 Å². The first-order valence-electron chi connectivity index (χ1n) is 11.8. The Morgan fingerprint density at radius 2 is 1.85 bits per heavy atom. The van der Waals surface area contributed by atoms with Crippen LogP contribution in [0.1, 0.15) is 68.8 Å². The molecular formula is C28H35NO5. The van der Waals surface area contributed by atoms with Crippen molar-refractivity contribution in [1.29, 1.82) is 0 Å². The molecule has 34 heavy (non-hydrogen) atoms. The molecule has 0 aliphatic carbocycles. The molecule has 2 aromatic carbocycles. The molecule has 1 aliphatic rings. The Morgan fingerprint density at radius 3 is 2.50 bits per heavy atom. The molecule has 0 spiro atoms. The third kappa shape index (κ3) is 5.17. The number of aryl methyl sites for hydroxylation is 1.